The molecule has 1 N–H and O–H groups in total. The number of anilines is 1. The summed E-state index contributed by atoms with van der Waals surface area (Å²) in [6.07, 6.45) is 5.54. The van der Waals surface area contributed by atoms with Crippen molar-refractivity contribution in [3.8, 4) is 0 Å². The number of carbonyl (C=O) groups excluding carboxylic acids is 1. The van der Waals surface area contributed by atoms with Gasteiger partial charge >= 0.3 is 0 Å². The van der Waals surface area contributed by atoms with E-state index in [0.717, 1.165) is 94.2 Å². The lowest BCUT2D eigenvalue weighted by molar-refractivity contribution is -0.125. The van der Waals surface area contributed by atoms with E-state index in [1.165, 1.54) is 0 Å². The van der Waals surface area contributed by atoms with Crippen molar-refractivity contribution in [3.63, 3.8) is 0 Å². The van der Waals surface area contributed by atoms with E-state index in [9.17, 15) is 4.79 Å². The van der Waals surface area contributed by atoms with Crippen molar-refractivity contribution >= 4 is 22.8 Å². The van der Waals surface area contributed by atoms with Gasteiger partial charge in [0.2, 0.25) is 5.91 Å². The van der Waals surface area contributed by atoms with E-state index in [1.807, 2.05) is 6.20 Å². The van der Waals surface area contributed by atoms with Gasteiger partial charge in [0.05, 0.1) is 42.4 Å². The summed E-state index contributed by atoms with van der Waals surface area (Å²) in [6.45, 7) is 10.9. The number of hydrogen-bond acceptors (Lipinski definition) is 7. The third-order valence-electron chi connectivity index (χ3n) is 6.32. The maximum atomic E-state index is 12.8. The number of hydrogen-bond donors (Lipinski definition) is 1. The fourth-order valence-corrected chi connectivity index (χ4v) is 4.48. The molecule has 0 aromatic carbocycles. The van der Waals surface area contributed by atoms with Gasteiger partial charge in [-0.1, -0.05) is 13.8 Å². The maximum Gasteiger partial charge on any atom is 0.224 e. The van der Waals surface area contributed by atoms with E-state index < -0.39 is 0 Å². The number of pyridine rings is 1. The van der Waals surface area contributed by atoms with Crippen LogP contribution >= 0.6 is 0 Å². The van der Waals surface area contributed by atoms with Crippen LogP contribution in [0.15, 0.2) is 12.3 Å². The van der Waals surface area contributed by atoms with Gasteiger partial charge in [0.25, 0.3) is 0 Å². The Morgan fingerprint density at radius 3 is 2.71 bits per heavy atom. The number of ether oxygens (including phenoxy) is 1. The van der Waals surface area contributed by atoms with Crippen LogP contribution in [0, 0.1) is 5.92 Å². The molecule has 2 aromatic heterocycles. The Morgan fingerprint density at radius 2 is 1.94 bits per heavy atom. The molecule has 2 aliphatic heterocycles. The van der Waals surface area contributed by atoms with Gasteiger partial charge in [0.1, 0.15) is 5.52 Å². The molecule has 2 fully saturated rings. The molecule has 4 rings (SSSR count). The number of carbonyl (C=O) groups is 1. The molecule has 0 unspecified atom stereocenters. The van der Waals surface area contributed by atoms with Crippen LogP contribution in [0.2, 0.25) is 0 Å². The lowest BCUT2D eigenvalue weighted by atomic mass is 9.96. The average Bonchev–Trinajstić information content (AvgIpc) is 2.83. The first-order valence-electron chi connectivity index (χ1n) is 11.7. The average molecular weight is 427 g/mol. The van der Waals surface area contributed by atoms with Crippen molar-refractivity contribution in [3.05, 3.63) is 23.7 Å². The number of aryl methyl sites for hydroxylation is 2. The van der Waals surface area contributed by atoms with Crippen LogP contribution in [0.25, 0.3) is 11.2 Å². The summed E-state index contributed by atoms with van der Waals surface area (Å²) in [7, 11) is 0. The molecule has 168 valence electrons. The van der Waals surface area contributed by atoms with Crippen LogP contribution in [-0.2, 0) is 22.4 Å². The second-order valence-corrected chi connectivity index (χ2v) is 8.39. The van der Waals surface area contributed by atoms with Gasteiger partial charge in [-0.2, -0.15) is 0 Å². The molecule has 0 saturated carbocycles. The zero-order valence-electron chi connectivity index (χ0n) is 18.8. The first kappa shape index (κ1) is 21.9. The lowest BCUT2D eigenvalue weighted by Crippen LogP contribution is -2.46. The Morgan fingerprint density at radius 1 is 1.16 bits per heavy atom. The first-order chi connectivity index (χ1) is 15.2. The molecule has 2 saturated heterocycles. The standard InChI is InChI=1S/C23H34N6O2/c1-3-19-20(4-2)27-22-21(26-19)14-18(15-25-22)29-8-5-6-17(16-29)23(30)24-7-9-28-10-12-31-13-11-28/h14-15,17H,3-13,16H2,1-2H3,(H,24,30)/t17-/m0/s1. The molecule has 0 bridgehead atoms. The topological polar surface area (TPSA) is 83.5 Å². The molecular weight excluding hydrogens is 392 g/mol. The predicted octanol–water partition coefficient (Wildman–Crippen LogP) is 1.81. The Bertz CT molecular complexity index is 899. The highest BCUT2D eigenvalue weighted by atomic mass is 16.5. The van der Waals surface area contributed by atoms with Crippen LogP contribution in [0.3, 0.4) is 0 Å². The minimum absolute atomic E-state index is 0.00823. The van der Waals surface area contributed by atoms with Crippen molar-refractivity contribution in [2.75, 3.05) is 57.4 Å². The Kier molecular flexibility index (Phi) is 7.29. The summed E-state index contributed by atoms with van der Waals surface area (Å²) in [5.74, 6) is 0.168. The van der Waals surface area contributed by atoms with Crippen molar-refractivity contribution in [1.29, 1.82) is 0 Å². The van der Waals surface area contributed by atoms with Gasteiger partial charge in [-0.15, -0.1) is 0 Å². The van der Waals surface area contributed by atoms with Crippen LogP contribution < -0.4 is 10.2 Å². The van der Waals surface area contributed by atoms with E-state index in [-0.39, 0.29) is 11.8 Å². The minimum atomic E-state index is 0.00823. The van der Waals surface area contributed by atoms with E-state index in [0.29, 0.717) is 12.2 Å². The predicted molar refractivity (Wildman–Crippen MR) is 121 cm³/mol. The highest BCUT2D eigenvalue weighted by Gasteiger charge is 2.26. The lowest BCUT2D eigenvalue weighted by Gasteiger charge is -2.33. The van der Waals surface area contributed by atoms with Crippen LogP contribution in [0.5, 0.6) is 0 Å². The molecular formula is C23H34N6O2. The molecule has 0 spiro atoms. The van der Waals surface area contributed by atoms with Crippen molar-refractivity contribution in [2.45, 2.75) is 39.5 Å². The molecule has 1 amide bonds. The number of amides is 1. The summed E-state index contributed by atoms with van der Waals surface area (Å²) in [6, 6.07) is 2.08. The summed E-state index contributed by atoms with van der Waals surface area (Å²) in [4.78, 5) is 31.5. The number of fused-ring (bicyclic) bond motifs is 1. The van der Waals surface area contributed by atoms with Gasteiger partial charge in [0.15, 0.2) is 5.65 Å². The molecule has 8 nitrogen and oxygen atoms in total. The smallest absolute Gasteiger partial charge is 0.224 e. The Hall–Kier alpha value is -2.32. The maximum absolute atomic E-state index is 12.8. The molecule has 0 radical (unpaired) electrons. The molecule has 0 aliphatic carbocycles. The third kappa shape index (κ3) is 5.30. The van der Waals surface area contributed by atoms with Gasteiger partial charge in [-0.05, 0) is 31.7 Å². The van der Waals surface area contributed by atoms with Crippen molar-refractivity contribution in [2.24, 2.45) is 5.92 Å². The molecule has 1 atom stereocenters. The number of aromatic nitrogens is 3. The number of rotatable bonds is 7. The normalized spacial score (nSPS) is 20.2. The van der Waals surface area contributed by atoms with Gasteiger partial charge in [0, 0.05) is 39.3 Å². The quantitative estimate of drug-likeness (QED) is 0.723. The first-order valence-corrected chi connectivity index (χ1v) is 11.7. The largest absolute Gasteiger partial charge is 0.379 e. The van der Waals surface area contributed by atoms with Crippen LogP contribution in [-0.4, -0.2) is 78.2 Å². The summed E-state index contributed by atoms with van der Waals surface area (Å²) >= 11 is 0. The summed E-state index contributed by atoms with van der Waals surface area (Å²) < 4.78 is 5.38. The number of piperidine rings is 1. The van der Waals surface area contributed by atoms with Gasteiger partial charge in [-0.3, -0.25) is 9.69 Å². The van der Waals surface area contributed by atoms with Crippen molar-refractivity contribution in [1.82, 2.24) is 25.2 Å². The Labute approximate surface area is 184 Å². The second-order valence-electron chi connectivity index (χ2n) is 8.39. The third-order valence-corrected chi connectivity index (χ3v) is 6.32. The van der Waals surface area contributed by atoms with Crippen LogP contribution in [0.1, 0.15) is 38.1 Å². The highest BCUT2D eigenvalue weighted by Crippen LogP contribution is 2.25. The zero-order valence-corrected chi connectivity index (χ0v) is 18.8. The van der Waals surface area contributed by atoms with E-state index >= 15 is 0 Å². The van der Waals surface area contributed by atoms with Crippen molar-refractivity contribution < 1.29 is 9.53 Å². The minimum Gasteiger partial charge on any atom is -0.379 e. The zero-order chi connectivity index (χ0) is 21.6. The molecule has 8 heteroatoms. The fraction of sp³-hybridized carbons (Fsp3) is 0.652. The Balaban J connectivity index is 1.38. The highest BCUT2D eigenvalue weighted by molar-refractivity contribution is 5.80. The van der Waals surface area contributed by atoms with Gasteiger partial charge < -0.3 is 15.0 Å². The summed E-state index contributed by atoms with van der Waals surface area (Å²) in [5, 5.41) is 3.14. The summed E-state index contributed by atoms with van der Waals surface area (Å²) in [5.41, 5.74) is 4.64. The molecule has 31 heavy (non-hydrogen) atoms. The number of nitrogens with one attached hydrogen (secondary N) is 1. The van der Waals surface area contributed by atoms with Gasteiger partial charge in [-0.25, -0.2) is 15.0 Å². The molecule has 2 aliphatic rings. The van der Waals surface area contributed by atoms with Crippen LogP contribution in [0.4, 0.5) is 5.69 Å². The molecule has 2 aromatic rings. The number of nitrogens with zero attached hydrogens (tertiary/aromatic N) is 5. The van der Waals surface area contributed by atoms with E-state index in [1.54, 1.807) is 0 Å². The monoisotopic (exact) mass is 426 g/mol. The van der Waals surface area contributed by atoms with E-state index in [4.69, 9.17) is 14.7 Å². The van der Waals surface area contributed by atoms with E-state index in [2.05, 4.69) is 40.0 Å². The SMILES string of the molecule is CCc1nc2cc(N3CCC[C@H](C(=O)NCCN4CCOCC4)C3)cnc2nc1CC. The fourth-order valence-electron chi connectivity index (χ4n) is 4.48. The number of morpholine rings is 1. The molecule has 4 heterocycles. The second kappa shape index (κ2) is 10.3.